The lowest BCUT2D eigenvalue weighted by Gasteiger charge is -2.13. The smallest absolute Gasteiger partial charge is 0.241 e. The predicted molar refractivity (Wildman–Crippen MR) is 102 cm³/mol. The first-order chi connectivity index (χ1) is 12.1. The Morgan fingerprint density at radius 1 is 1.08 bits per heavy atom. The van der Waals surface area contributed by atoms with Crippen LogP contribution in [0.4, 0.5) is 5.69 Å². The molecule has 0 fully saturated rings. The van der Waals surface area contributed by atoms with Crippen molar-refractivity contribution >= 4 is 33.2 Å². The average Bonchev–Trinajstić information content (AvgIpc) is 2.58. The van der Waals surface area contributed by atoms with Gasteiger partial charge < -0.3 is 10.1 Å². The molecule has 2 aromatic rings. The molecule has 0 bridgehead atoms. The molecular formula is C18H21ClN2O4S. The summed E-state index contributed by atoms with van der Waals surface area (Å²) >= 11 is 5.91. The summed E-state index contributed by atoms with van der Waals surface area (Å²) in [6.45, 7) is 4.86. The topological polar surface area (TPSA) is 84.5 Å². The molecule has 0 saturated heterocycles. The second-order valence-electron chi connectivity index (χ2n) is 5.92. The van der Waals surface area contributed by atoms with Crippen LogP contribution in [0.15, 0.2) is 35.2 Å². The van der Waals surface area contributed by atoms with Crippen LogP contribution in [0.2, 0.25) is 5.02 Å². The molecule has 0 heterocycles. The average molecular weight is 397 g/mol. The fourth-order valence-corrected chi connectivity index (χ4v) is 3.90. The number of halogens is 1. The van der Waals surface area contributed by atoms with E-state index in [1.807, 2.05) is 6.92 Å². The summed E-state index contributed by atoms with van der Waals surface area (Å²) in [6, 6.07) is 8.27. The lowest BCUT2D eigenvalue weighted by Crippen LogP contribution is -2.33. The Labute approximate surface area is 158 Å². The summed E-state index contributed by atoms with van der Waals surface area (Å²) in [5, 5.41) is 3.13. The Hall–Kier alpha value is -2.09. The van der Waals surface area contributed by atoms with Crippen molar-refractivity contribution in [1.29, 1.82) is 0 Å². The Morgan fingerprint density at radius 3 is 2.42 bits per heavy atom. The van der Waals surface area contributed by atoms with E-state index in [4.69, 9.17) is 16.3 Å². The molecule has 6 nitrogen and oxygen atoms in total. The first kappa shape index (κ1) is 20.2. The van der Waals surface area contributed by atoms with E-state index in [0.29, 0.717) is 27.6 Å². The SMILES string of the molecule is COc1cc(C)c(S(=O)(=O)NCC(=O)Nc2cc(Cl)ccc2C)cc1C. The van der Waals surface area contributed by atoms with Crippen LogP contribution in [0.3, 0.4) is 0 Å². The Bertz CT molecular complexity index is 942. The van der Waals surface area contributed by atoms with Gasteiger partial charge in [-0.2, -0.15) is 0 Å². The van der Waals surface area contributed by atoms with Crippen LogP contribution in [0, 0.1) is 20.8 Å². The molecule has 0 atom stereocenters. The summed E-state index contributed by atoms with van der Waals surface area (Å²) in [5.41, 5.74) is 2.59. The number of benzene rings is 2. The van der Waals surface area contributed by atoms with Gasteiger partial charge in [-0.3, -0.25) is 4.79 Å². The summed E-state index contributed by atoms with van der Waals surface area (Å²) in [6.07, 6.45) is 0. The molecule has 26 heavy (non-hydrogen) atoms. The van der Waals surface area contributed by atoms with Crippen molar-refractivity contribution in [1.82, 2.24) is 4.72 Å². The molecule has 2 aromatic carbocycles. The van der Waals surface area contributed by atoms with Gasteiger partial charge in [0.25, 0.3) is 0 Å². The standard InChI is InChI=1S/C18H21ClN2O4S/c1-11-5-6-14(19)9-15(11)21-18(22)10-20-26(23,24)17-8-12(2)16(25-4)7-13(17)3/h5-9,20H,10H2,1-4H3,(H,21,22). The van der Waals surface area contributed by atoms with Gasteiger partial charge in [-0.1, -0.05) is 17.7 Å². The molecule has 0 radical (unpaired) electrons. The number of sulfonamides is 1. The summed E-state index contributed by atoms with van der Waals surface area (Å²) in [5.74, 6) is 0.123. The highest BCUT2D eigenvalue weighted by Crippen LogP contribution is 2.25. The van der Waals surface area contributed by atoms with E-state index in [-0.39, 0.29) is 4.90 Å². The zero-order valence-electron chi connectivity index (χ0n) is 15.0. The number of amides is 1. The largest absolute Gasteiger partial charge is 0.496 e. The molecule has 0 aliphatic heterocycles. The van der Waals surface area contributed by atoms with Crippen LogP contribution in [0.5, 0.6) is 5.75 Å². The molecule has 1 amide bonds. The van der Waals surface area contributed by atoms with Crippen LogP contribution in [-0.2, 0) is 14.8 Å². The van der Waals surface area contributed by atoms with Gasteiger partial charge in [0.2, 0.25) is 15.9 Å². The van der Waals surface area contributed by atoms with E-state index in [1.165, 1.54) is 13.2 Å². The third-order valence-electron chi connectivity index (χ3n) is 3.88. The highest BCUT2D eigenvalue weighted by molar-refractivity contribution is 7.89. The third kappa shape index (κ3) is 4.75. The van der Waals surface area contributed by atoms with Crippen LogP contribution in [0.1, 0.15) is 16.7 Å². The Balaban J connectivity index is 2.12. The fourth-order valence-electron chi connectivity index (χ4n) is 2.43. The molecule has 2 rings (SSSR count). The Kier molecular flexibility index (Phi) is 6.28. The molecule has 140 valence electrons. The number of methoxy groups -OCH3 is 1. The molecule has 0 saturated carbocycles. The molecule has 2 N–H and O–H groups in total. The number of rotatable bonds is 6. The maximum atomic E-state index is 12.5. The quantitative estimate of drug-likeness (QED) is 0.785. The highest BCUT2D eigenvalue weighted by Gasteiger charge is 2.20. The summed E-state index contributed by atoms with van der Waals surface area (Å²) in [4.78, 5) is 12.2. The van der Waals surface area contributed by atoms with Crippen molar-refractivity contribution in [3.63, 3.8) is 0 Å². The van der Waals surface area contributed by atoms with Gasteiger partial charge in [0.05, 0.1) is 18.6 Å². The van der Waals surface area contributed by atoms with Crippen molar-refractivity contribution in [3.05, 3.63) is 52.0 Å². The monoisotopic (exact) mass is 396 g/mol. The number of carbonyl (C=O) groups is 1. The van der Waals surface area contributed by atoms with Crippen molar-refractivity contribution < 1.29 is 17.9 Å². The van der Waals surface area contributed by atoms with Gasteiger partial charge >= 0.3 is 0 Å². The highest BCUT2D eigenvalue weighted by atomic mass is 35.5. The second-order valence-corrected chi connectivity index (χ2v) is 8.09. The van der Waals surface area contributed by atoms with Gasteiger partial charge in [0, 0.05) is 10.7 Å². The van der Waals surface area contributed by atoms with Crippen molar-refractivity contribution in [2.45, 2.75) is 25.7 Å². The van der Waals surface area contributed by atoms with E-state index in [1.54, 1.807) is 38.1 Å². The number of ether oxygens (including phenoxy) is 1. The zero-order valence-corrected chi connectivity index (χ0v) is 16.6. The zero-order chi connectivity index (χ0) is 19.5. The van der Waals surface area contributed by atoms with Crippen LogP contribution in [-0.4, -0.2) is 28.0 Å². The predicted octanol–water partition coefficient (Wildman–Crippen LogP) is 3.19. The lowest BCUT2D eigenvalue weighted by molar-refractivity contribution is -0.115. The molecule has 0 aliphatic carbocycles. The lowest BCUT2D eigenvalue weighted by atomic mass is 10.1. The fraction of sp³-hybridized carbons (Fsp3) is 0.278. The van der Waals surface area contributed by atoms with Gasteiger partial charge in [-0.15, -0.1) is 0 Å². The number of carbonyl (C=O) groups excluding carboxylic acids is 1. The van der Waals surface area contributed by atoms with E-state index < -0.39 is 22.5 Å². The molecule has 0 unspecified atom stereocenters. The minimum absolute atomic E-state index is 0.113. The number of hydrogen-bond acceptors (Lipinski definition) is 4. The number of hydrogen-bond donors (Lipinski definition) is 2. The minimum atomic E-state index is -3.84. The van der Waals surface area contributed by atoms with Crippen molar-refractivity contribution in [2.24, 2.45) is 0 Å². The van der Waals surface area contributed by atoms with Crippen LogP contribution >= 0.6 is 11.6 Å². The number of nitrogens with one attached hydrogen (secondary N) is 2. The molecular weight excluding hydrogens is 376 g/mol. The first-order valence-corrected chi connectivity index (χ1v) is 9.71. The van der Waals surface area contributed by atoms with E-state index >= 15 is 0 Å². The van der Waals surface area contributed by atoms with Gasteiger partial charge in [-0.05, 0) is 61.7 Å². The summed E-state index contributed by atoms with van der Waals surface area (Å²) in [7, 11) is -2.31. The van der Waals surface area contributed by atoms with Crippen LogP contribution in [0.25, 0.3) is 0 Å². The molecule has 0 aromatic heterocycles. The van der Waals surface area contributed by atoms with Crippen molar-refractivity contribution in [3.8, 4) is 5.75 Å². The normalized spacial score (nSPS) is 11.3. The Morgan fingerprint density at radius 2 is 1.77 bits per heavy atom. The van der Waals surface area contributed by atoms with Gasteiger partial charge in [-0.25, -0.2) is 13.1 Å². The molecule has 0 spiro atoms. The maximum Gasteiger partial charge on any atom is 0.241 e. The van der Waals surface area contributed by atoms with E-state index in [2.05, 4.69) is 10.0 Å². The number of anilines is 1. The van der Waals surface area contributed by atoms with E-state index in [9.17, 15) is 13.2 Å². The van der Waals surface area contributed by atoms with Gasteiger partial charge in [0.1, 0.15) is 5.75 Å². The maximum absolute atomic E-state index is 12.5. The summed E-state index contributed by atoms with van der Waals surface area (Å²) < 4.78 is 32.6. The first-order valence-electron chi connectivity index (χ1n) is 7.85. The second kappa shape index (κ2) is 8.07. The van der Waals surface area contributed by atoms with Crippen molar-refractivity contribution in [2.75, 3.05) is 19.0 Å². The third-order valence-corrected chi connectivity index (χ3v) is 5.66. The molecule has 0 aliphatic rings. The number of aryl methyl sites for hydroxylation is 3. The van der Waals surface area contributed by atoms with Gasteiger partial charge in [0.15, 0.2) is 0 Å². The van der Waals surface area contributed by atoms with E-state index in [0.717, 1.165) is 5.56 Å². The molecule has 8 heteroatoms. The minimum Gasteiger partial charge on any atom is -0.496 e. The van der Waals surface area contributed by atoms with Crippen LogP contribution < -0.4 is 14.8 Å².